The molecule has 4 nitrogen and oxygen atoms in total. The lowest BCUT2D eigenvalue weighted by Gasteiger charge is -2.10. The first-order valence-corrected chi connectivity index (χ1v) is 8.00. The molecule has 2 aromatic rings. The molecule has 0 fully saturated rings. The Morgan fingerprint density at radius 3 is 2.65 bits per heavy atom. The van der Waals surface area contributed by atoms with E-state index in [9.17, 15) is 0 Å². The minimum Gasteiger partial charge on any atom is -0.354 e. The molecule has 0 aliphatic rings. The van der Waals surface area contributed by atoms with Gasteiger partial charge in [-0.3, -0.25) is 0 Å². The fraction of sp³-hybridized carbons (Fsp3) is 0.286. The van der Waals surface area contributed by atoms with E-state index in [1.165, 1.54) is 4.90 Å². The SMILES string of the molecule is CCCNc1ncc(Cl)c(Nc2ccc(SC)cc2)n1. The number of anilines is 3. The molecular formula is C14H17ClN4S. The van der Waals surface area contributed by atoms with Gasteiger partial charge in [0.2, 0.25) is 5.95 Å². The Labute approximate surface area is 128 Å². The summed E-state index contributed by atoms with van der Waals surface area (Å²) in [5.41, 5.74) is 0.949. The average Bonchev–Trinajstić information content (AvgIpc) is 2.49. The molecule has 0 radical (unpaired) electrons. The Morgan fingerprint density at radius 2 is 2.00 bits per heavy atom. The highest BCUT2D eigenvalue weighted by molar-refractivity contribution is 7.98. The van der Waals surface area contributed by atoms with E-state index in [0.29, 0.717) is 16.8 Å². The van der Waals surface area contributed by atoms with Crippen molar-refractivity contribution in [1.82, 2.24) is 9.97 Å². The summed E-state index contributed by atoms with van der Waals surface area (Å²) in [7, 11) is 0. The number of halogens is 1. The second-order valence-corrected chi connectivity index (χ2v) is 5.46. The molecule has 1 aromatic carbocycles. The molecule has 0 aliphatic carbocycles. The van der Waals surface area contributed by atoms with Crippen molar-refractivity contribution in [3.63, 3.8) is 0 Å². The van der Waals surface area contributed by atoms with E-state index in [0.717, 1.165) is 18.7 Å². The predicted molar refractivity (Wildman–Crippen MR) is 87.3 cm³/mol. The molecule has 0 unspecified atom stereocenters. The summed E-state index contributed by atoms with van der Waals surface area (Å²) in [6.07, 6.45) is 4.67. The van der Waals surface area contributed by atoms with Gasteiger partial charge in [0.25, 0.3) is 0 Å². The molecule has 2 N–H and O–H groups in total. The maximum absolute atomic E-state index is 6.12. The maximum Gasteiger partial charge on any atom is 0.224 e. The fourth-order valence-electron chi connectivity index (χ4n) is 1.59. The van der Waals surface area contributed by atoms with Gasteiger partial charge < -0.3 is 10.6 Å². The Morgan fingerprint density at radius 1 is 1.25 bits per heavy atom. The minimum atomic E-state index is 0.501. The van der Waals surface area contributed by atoms with Crippen molar-refractivity contribution in [3.8, 4) is 0 Å². The third-order valence-electron chi connectivity index (χ3n) is 2.63. The van der Waals surface area contributed by atoms with Crippen LogP contribution in [-0.4, -0.2) is 22.8 Å². The van der Waals surface area contributed by atoms with Gasteiger partial charge in [-0.05, 0) is 36.9 Å². The molecule has 2 rings (SSSR count). The summed E-state index contributed by atoms with van der Waals surface area (Å²) in [5, 5.41) is 6.85. The largest absolute Gasteiger partial charge is 0.354 e. The Kier molecular flexibility index (Phi) is 5.49. The van der Waals surface area contributed by atoms with Gasteiger partial charge in [0.05, 0.1) is 6.20 Å². The summed E-state index contributed by atoms with van der Waals surface area (Å²) in [5.74, 6) is 1.19. The van der Waals surface area contributed by atoms with E-state index in [2.05, 4.69) is 45.9 Å². The summed E-state index contributed by atoms with van der Waals surface area (Å²) in [6, 6.07) is 8.11. The lowest BCUT2D eigenvalue weighted by molar-refractivity contribution is 0.953. The normalized spacial score (nSPS) is 10.3. The van der Waals surface area contributed by atoms with Crippen LogP contribution < -0.4 is 10.6 Å². The molecule has 0 saturated carbocycles. The van der Waals surface area contributed by atoms with Crippen LogP contribution in [-0.2, 0) is 0 Å². The molecule has 0 aliphatic heterocycles. The van der Waals surface area contributed by atoms with Gasteiger partial charge in [-0.15, -0.1) is 11.8 Å². The smallest absolute Gasteiger partial charge is 0.224 e. The number of nitrogens with zero attached hydrogens (tertiary/aromatic N) is 2. The number of nitrogens with one attached hydrogen (secondary N) is 2. The van der Waals surface area contributed by atoms with Gasteiger partial charge in [0.1, 0.15) is 5.02 Å². The first-order valence-electron chi connectivity index (χ1n) is 6.40. The quantitative estimate of drug-likeness (QED) is 0.774. The molecule has 0 bridgehead atoms. The van der Waals surface area contributed by atoms with Crippen molar-refractivity contribution in [1.29, 1.82) is 0 Å². The molecule has 0 saturated heterocycles. The van der Waals surface area contributed by atoms with Gasteiger partial charge in [0.15, 0.2) is 5.82 Å². The standard InChI is InChI=1S/C14H17ClN4S/c1-3-8-16-14-17-9-12(15)13(19-14)18-10-4-6-11(20-2)7-5-10/h4-7,9H,3,8H2,1-2H3,(H2,16,17,18,19). The first kappa shape index (κ1) is 14.9. The van der Waals surface area contributed by atoms with Crippen molar-refractivity contribution in [2.75, 3.05) is 23.4 Å². The topological polar surface area (TPSA) is 49.8 Å². The van der Waals surface area contributed by atoms with Gasteiger partial charge in [-0.1, -0.05) is 18.5 Å². The lowest BCUT2D eigenvalue weighted by atomic mass is 10.3. The van der Waals surface area contributed by atoms with Crippen LogP contribution >= 0.6 is 23.4 Å². The van der Waals surface area contributed by atoms with E-state index < -0.39 is 0 Å². The summed E-state index contributed by atoms with van der Waals surface area (Å²) in [4.78, 5) is 9.74. The van der Waals surface area contributed by atoms with Crippen LogP contribution in [0.3, 0.4) is 0 Å². The van der Waals surface area contributed by atoms with Crippen molar-refractivity contribution in [3.05, 3.63) is 35.5 Å². The summed E-state index contributed by atoms with van der Waals surface area (Å²) < 4.78 is 0. The van der Waals surface area contributed by atoms with Gasteiger partial charge >= 0.3 is 0 Å². The highest BCUT2D eigenvalue weighted by Gasteiger charge is 2.05. The molecule has 6 heteroatoms. The van der Waals surface area contributed by atoms with Gasteiger partial charge in [0, 0.05) is 17.1 Å². The maximum atomic E-state index is 6.12. The number of hydrogen-bond acceptors (Lipinski definition) is 5. The zero-order valence-corrected chi connectivity index (χ0v) is 13.1. The van der Waals surface area contributed by atoms with Crippen LogP contribution in [0, 0.1) is 0 Å². The third-order valence-corrected chi connectivity index (χ3v) is 3.65. The van der Waals surface area contributed by atoms with Crippen LogP contribution in [0.1, 0.15) is 13.3 Å². The number of thioether (sulfide) groups is 1. The van der Waals surface area contributed by atoms with Crippen molar-refractivity contribution >= 4 is 40.8 Å². The number of rotatable bonds is 6. The van der Waals surface area contributed by atoms with Crippen molar-refractivity contribution < 1.29 is 0 Å². The van der Waals surface area contributed by atoms with E-state index >= 15 is 0 Å². The second kappa shape index (κ2) is 7.36. The molecule has 0 spiro atoms. The average molecular weight is 309 g/mol. The van der Waals surface area contributed by atoms with Crippen molar-refractivity contribution in [2.45, 2.75) is 18.2 Å². The van der Waals surface area contributed by atoms with Gasteiger partial charge in [-0.25, -0.2) is 4.98 Å². The van der Waals surface area contributed by atoms with Crippen LogP contribution in [0.5, 0.6) is 0 Å². The lowest BCUT2D eigenvalue weighted by Crippen LogP contribution is -2.06. The summed E-state index contributed by atoms with van der Waals surface area (Å²) in [6.45, 7) is 2.93. The van der Waals surface area contributed by atoms with E-state index in [4.69, 9.17) is 11.6 Å². The van der Waals surface area contributed by atoms with Crippen LogP contribution in [0.15, 0.2) is 35.4 Å². The number of aromatic nitrogens is 2. The molecule has 20 heavy (non-hydrogen) atoms. The first-order chi connectivity index (χ1) is 9.72. The van der Waals surface area contributed by atoms with Gasteiger partial charge in [-0.2, -0.15) is 4.98 Å². The number of hydrogen-bond donors (Lipinski definition) is 2. The third kappa shape index (κ3) is 4.02. The Bertz CT molecular complexity index is 560. The predicted octanol–water partition coefficient (Wildman–Crippen LogP) is 4.42. The van der Waals surface area contributed by atoms with Crippen LogP contribution in [0.2, 0.25) is 5.02 Å². The zero-order valence-electron chi connectivity index (χ0n) is 11.5. The molecule has 1 aromatic heterocycles. The van der Waals surface area contributed by atoms with E-state index in [1.807, 2.05) is 12.1 Å². The molecule has 0 amide bonds. The fourth-order valence-corrected chi connectivity index (χ4v) is 2.13. The van der Waals surface area contributed by atoms with Crippen LogP contribution in [0.4, 0.5) is 17.5 Å². The van der Waals surface area contributed by atoms with E-state index in [1.54, 1.807) is 18.0 Å². The molecule has 106 valence electrons. The summed E-state index contributed by atoms with van der Waals surface area (Å²) >= 11 is 7.83. The Balaban J connectivity index is 2.14. The molecule has 0 atom stereocenters. The molecule has 1 heterocycles. The van der Waals surface area contributed by atoms with E-state index in [-0.39, 0.29) is 0 Å². The highest BCUT2D eigenvalue weighted by atomic mass is 35.5. The Hall–Kier alpha value is -1.46. The minimum absolute atomic E-state index is 0.501. The monoisotopic (exact) mass is 308 g/mol. The highest BCUT2D eigenvalue weighted by Crippen LogP contribution is 2.25. The van der Waals surface area contributed by atoms with Crippen molar-refractivity contribution in [2.24, 2.45) is 0 Å². The zero-order chi connectivity index (χ0) is 14.4. The second-order valence-electron chi connectivity index (χ2n) is 4.17. The van der Waals surface area contributed by atoms with Crippen LogP contribution in [0.25, 0.3) is 0 Å². The molecular weight excluding hydrogens is 292 g/mol. The number of benzene rings is 1.